The van der Waals surface area contributed by atoms with Crippen LogP contribution in [0, 0.1) is 12.3 Å². The van der Waals surface area contributed by atoms with Crippen molar-refractivity contribution in [3.8, 4) is 0 Å². The van der Waals surface area contributed by atoms with Crippen LogP contribution in [-0.2, 0) is 9.47 Å². The Bertz CT molecular complexity index is 369. The summed E-state index contributed by atoms with van der Waals surface area (Å²) in [4.78, 5) is 11.6. The van der Waals surface area contributed by atoms with Crippen molar-refractivity contribution in [3.05, 3.63) is 6.92 Å². The summed E-state index contributed by atoms with van der Waals surface area (Å²) in [7, 11) is 0. The zero-order chi connectivity index (χ0) is 20.3. The van der Waals surface area contributed by atoms with Gasteiger partial charge >= 0.3 is 6.09 Å². The fourth-order valence-electron chi connectivity index (χ4n) is 3.61. The van der Waals surface area contributed by atoms with Gasteiger partial charge in [-0.3, -0.25) is 0 Å². The predicted molar refractivity (Wildman–Crippen MR) is 118 cm³/mol. The fourth-order valence-corrected chi connectivity index (χ4v) is 3.61. The number of nitrogens with one attached hydrogen (secondary N) is 1. The van der Waals surface area contributed by atoms with Gasteiger partial charge < -0.3 is 14.8 Å². The molecule has 1 rings (SSSR count). The lowest BCUT2D eigenvalue weighted by Gasteiger charge is -2.36. The minimum atomic E-state index is -0.323. The van der Waals surface area contributed by atoms with E-state index in [0.717, 1.165) is 6.42 Å². The van der Waals surface area contributed by atoms with Gasteiger partial charge in [0.15, 0.2) is 0 Å². The van der Waals surface area contributed by atoms with Crippen molar-refractivity contribution in [2.24, 2.45) is 5.41 Å². The van der Waals surface area contributed by atoms with Crippen molar-refractivity contribution in [1.82, 2.24) is 5.32 Å². The van der Waals surface area contributed by atoms with Crippen LogP contribution in [0.2, 0.25) is 0 Å². The van der Waals surface area contributed by atoms with Crippen molar-refractivity contribution in [2.45, 2.75) is 110 Å². The van der Waals surface area contributed by atoms with E-state index in [1.165, 1.54) is 96.3 Å². The highest BCUT2D eigenvalue weighted by atomic mass is 16.6. The van der Waals surface area contributed by atoms with Crippen LogP contribution in [0.4, 0.5) is 4.79 Å². The quantitative estimate of drug-likeness (QED) is 0.244. The number of carbonyl (C=O) groups is 1. The van der Waals surface area contributed by atoms with E-state index in [-0.39, 0.29) is 11.5 Å². The van der Waals surface area contributed by atoms with Gasteiger partial charge in [0.1, 0.15) is 6.61 Å². The maximum Gasteiger partial charge on any atom is 0.407 e. The molecule has 28 heavy (non-hydrogen) atoms. The number of hydrogen-bond acceptors (Lipinski definition) is 3. The first-order chi connectivity index (χ1) is 13.7. The molecule has 0 aromatic heterocycles. The molecule has 1 aliphatic rings. The summed E-state index contributed by atoms with van der Waals surface area (Å²) in [6.45, 7) is 8.50. The van der Waals surface area contributed by atoms with Crippen LogP contribution >= 0.6 is 0 Å². The van der Waals surface area contributed by atoms with Crippen LogP contribution in [0.1, 0.15) is 110 Å². The second-order valence-electron chi connectivity index (χ2n) is 8.80. The van der Waals surface area contributed by atoms with Gasteiger partial charge in [-0.05, 0) is 13.3 Å². The van der Waals surface area contributed by atoms with Crippen LogP contribution in [-0.4, -0.2) is 32.5 Å². The second kappa shape index (κ2) is 17.1. The summed E-state index contributed by atoms with van der Waals surface area (Å²) in [5.41, 5.74) is -0.217. The molecule has 1 fully saturated rings. The smallest absolute Gasteiger partial charge is 0.407 e. The van der Waals surface area contributed by atoms with Crippen molar-refractivity contribution in [1.29, 1.82) is 0 Å². The monoisotopic (exact) mass is 396 g/mol. The average molecular weight is 397 g/mol. The number of hydrogen-bond donors (Lipinski definition) is 1. The lowest BCUT2D eigenvalue weighted by Crippen LogP contribution is -2.45. The summed E-state index contributed by atoms with van der Waals surface area (Å²) < 4.78 is 10.3. The Morgan fingerprint density at radius 3 is 1.64 bits per heavy atom. The summed E-state index contributed by atoms with van der Waals surface area (Å²) in [6.07, 6.45) is 21.4. The molecule has 4 nitrogen and oxygen atoms in total. The first-order valence-corrected chi connectivity index (χ1v) is 12.0. The highest BCUT2D eigenvalue weighted by Crippen LogP contribution is 2.25. The Morgan fingerprint density at radius 2 is 1.25 bits per heavy atom. The fraction of sp³-hybridized carbons (Fsp3) is 0.917. The third kappa shape index (κ3) is 14.3. The third-order valence-electron chi connectivity index (χ3n) is 5.63. The van der Waals surface area contributed by atoms with Crippen molar-refractivity contribution in [2.75, 3.05) is 26.4 Å². The molecule has 165 valence electrons. The van der Waals surface area contributed by atoms with E-state index in [1.54, 1.807) is 0 Å². The summed E-state index contributed by atoms with van der Waals surface area (Å²) in [6, 6.07) is 0. The van der Waals surface area contributed by atoms with Crippen molar-refractivity contribution < 1.29 is 14.3 Å². The minimum absolute atomic E-state index is 0.217. The van der Waals surface area contributed by atoms with E-state index in [0.29, 0.717) is 26.4 Å². The maximum atomic E-state index is 11.6. The summed E-state index contributed by atoms with van der Waals surface area (Å²) >= 11 is 0. The predicted octanol–water partition coefficient (Wildman–Crippen LogP) is 6.82. The molecule has 0 aromatic carbocycles. The molecule has 0 spiro atoms. The Balaban J connectivity index is 1.70. The molecule has 0 saturated carbocycles. The topological polar surface area (TPSA) is 47.6 Å². The van der Waals surface area contributed by atoms with E-state index in [4.69, 9.17) is 9.47 Å². The molecule has 0 aromatic rings. The molecular weight excluding hydrogens is 350 g/mol. The Kier molecular flexibility index (Phi) is 15.4. The average Bonchev–Trinajstić information content (AvgIpc) is 2.67. The van der Waals surface area contributed by atoms with E-state index < -0.39 is 0 Å². The highest BCUT2D eigenvalue weighted by molar-refractivity contribution is 5.67. The maximum absolute atomic E-state index is 11.6. The molecule has 0 bridgehead atoms. The van der Waals surface area contributed by atoms with Gasteiger partial charge in [-0.25, -0.2) is 4.79 Å². The first kappa shape index (κ1) is 25.3. The first-order valence-electron chi connectivity index (χ1n) is 12.0. The van der Waals surface area contributed by atoms with Gasteiger partial charge in [0.05, 0.1) is 18.6 Å². The molecule has 0 unspecified atom stereocenters. The van der Waals surface area contributed by atoms with E-state index in [1.807, 2.05) is 0 Å². The van der Waals surface area contributed by atoms with Crippen molar-refractivity contribution >= 4 is 6.09 Å². The van der Waals surface area contributed by atoms with Gasteiger partial charge in [0.2, 0.25) is 0 Å². The van der Waals surface area contributed by atoms with E-state index in [9.17, 15) is 4.79 Å². The number of ether oxygens (including phenoxy) is 2. The Hall–Kier alpha value is -0.770. The van der Waals surface area contributed by atoms with Crippen LogP contribution in [0.5, 0.6) is 0 Å². The third-order valence-corrected chi connectivity index (χ3v) is 5.63. The van der Waals surface area contributed by atoms with Gasteiger partial charge in [0.25, 0.3) is 0 Å². The highest BCUT2D eigenvalue weighted by Gasteiger charge is 2.34. The number of amides is 1. The molecule has 0 atom stereocenters. The molecule has 1 radical (unpaired) electrons. The minimum Gasteiger partial charge on any atom is -0.449 e. The Morgan fingerprint density at radius 1 is 0.821 bits per heavy atom. The molecule has 1 heterocycles. The summed E-state index contributed by atoms with van der Waals surface area (Å²) in [5, 5.41) is 2.82. The molecular formula is C24H46NO3. The Labute approximate surface area is 174 Å². The number of carbonyl (C=O) groups excluding carboxylic acids is 1. The van der Waals surface area contributed by atoms with Crippen molar-refractivity contribution in [3.63, 3.8) is 0 Å². The molecule has 1 N–H and O–H groups in total. The largest absolute Gasteiger partial charge is 0.449 e. The summed E-state index contributed by atoms with van der Waals surface area (Å²) in [5.74, 6) is 0. The van der Waals surface area contributed by atoms with Gasteiger partial charge in [-0.2, -0.15) is 0 Å². The lowest BCUT2D eigenvalue weighted by atomic mass is 9.90. The lowest BCUT2D eigenvalue weighted by molar-refractivity contribution is -0.109. The molecule has 0 aliphatic carbocycles. The van der Waals surface area contributed by atoms with E-state index >= 15 is 0 Å². The van der Waals surface area contributed by atoms with Crippen LogP contribution < -0.4 is 5.32 Å². The SMILES string of the molecule is [CH2]C1(COC(=O)NCCCCCCCCCCCCCCCCCC)COC1. The van der Waals surface area contributed by atoms with Crippen LogP contribution in [0.25, 0.3) is 0 Å². The number of rotatable bonds is 19. The molecule has 1 aliphatic heterocycles. The van der Waals surface area contributed by atoms with Gasteiger partial charge in [0, 0.05) is 6.54 Å². The number of alkyl carbamates (subject to hydrolysis) is 1. The van der Waals surface area contributed by atoms with E-state index in [2.05, 4.69) is 19.2 Å². The standard InChI is InChI=1S/C24H46NO3/c1-3-4-5-6-7-8-9-10-11-12-13-14-15-16-17-18-19-25-23(26)28-22-24(2)20-27-21-24/h2-22H2,1H3,(H,25,26). The van der Waals surface area contributed by atoms with Crippen LogP contribution in [0.15, 0.2) is 0 Å². The number of unbranched alkanes of at least 4 members (excludes halogenated alkanes) is 15. The second-order valence-corrected chi connectivity index (χ2v) is 8.80. The van der Waals surface area contributed by atoms with Crippen LogP contribution in [0.3, 0.4) is 0 Å². The zero-order valence-corrected chi connectivity index (χ0v) is 18.6. The van der Waals surface area contributed by atoms with Gasteiger partial charge in [-0.15, -0.1) is 0 Å². The van der Waals surface area contributed by atoms with Gasteiger partial charge in [-0.1, -0.05) is 103 Å². The zero-order valence-electron chi connectivity index (χ0n) is 18.6. The molecule has 1 amide bonds. The normalized spacial score (nSPS) is 15.2. The molecule has 4 heteroatoms. The molecule has 1 saturated heterocycles.